The minimum absolute atomic E-state index is 0.00276. The van der Waals surface area contributed by atoms with Crippen LogP contribution in [0.25, 0.3) is 0 Å². The fraction of sp³-hybridized carbons (Fsp3) is 0.263. The molecule has 0 unspecified atom stereocenters. The van der Waals surface area contributed by atoms with Gasteiger partial charge < -0.3 is 5.32 Å². The van der Waals surface area contributed by atoms with Crippen molar-refractivity contribution in [3.63, 3.8) is 0 Å². The van der Waals surface area contributed by atoms with E-state index in [0.717, 1.165) is 11.1 Å². The Bertz CT molecular complexity index is 1000. The molecule has 1 aliphatic heterocycles. The molecule has 0 spiro atoms. The van der Waals surface area contributed by atoms with Gasteiger partial charge in [0, 0.05) is 17.1 Å². The molecule has 0 saturated carbocycles. The molecule has 8 heteroatoms. The molecule has 0 aliphatic carbocycles. The number of anilines is 1. The summed E-state index contributed by atoms with van der Waals surface area (Å²) in [5.74, 6) is -1.12. The minimum Gasteiger partial charge on any atom is -0.324 e. The first-order chi connectivity index (χ1) is 12.7. The summed E-state index contributed by atoms with van der Waals surface area (Å²) in [6.45, 7) is 3.62. The summed E-state index contributed by atoms with van der Waals surface area (Å²) in [7, 11) is -4.11. The fourth-order valence-electron chi connectivity index (χ4n) is 3.01. The topological polar surface area (TPSA) is 83.6 Å². The lowest BCUT2D eigenvalue weighted by Gasteiger charge is -2.24. The number of carbonyl (C=O) groups is 2. The minimum atomic E-state index is -4.11. The smallest absolute Gasteiger partial charge is 0.267 e. The zero-order valence-corrected chi connectivity index (χ0v) is 16.5. The van der Waals surface area contributed by atoms with Crippen molar-refractivity contribution in [2.45, 2.75) is 37.6 Å². The number of amides is 2. The molecule has 6 nitrogen and oxygen atoms in total. The lowest BCUT2D eigenvalue weighted by Crippen LogP contribution is -2.45. The number of hydrogen-bond donors (Lipinski definition) is 1. The van der Waals surface area contributed by atoms with Gasteiger partial charge >= 0.3 is 0 Å². The number of rotatable bonds is 4. The molecule has 0 bridgehead atoms. The number of nitrogens with one attached hydrogen (secondary N) is 1. The van der Waals surface area contributed by atoms with Crippen LogP contribution >= 0.6 is 11.6 Å². The summed E-state index contributed by atoms with van der Waals surface area (Å²) >= 11 is 5.92. The lowest BCUT2D eigenvalue weighted by molar-refractivity contribution is -0.128. The van der Waals surface area contributed by atoms with Gasteiger partial charge in [-0.05, 0) is 56.2 Å². The van der Waals surface area contributed by atoms with Crippen molar-refractivity contribution in [1.29, 1.82) is 0 Å². The van der Waals surface area contributed by atoms with Crippen molar-refractivity contribution in [1.82, 2.24) is 4.31 Å². The predicted octanol–water partition coefficient (Wildman–Crippen LogP) is 3.28. The van der Waals surface area contributed by atoms with Crippen LogP contribution < -0.4 is 5.32 Å². The van der Waals surface area contributed by atoms with E-state index in [4.69, 9.17) is 11.6 Å². The molecule has 2 aromatic carbocycles. The number of nitrogens with zero attached hydrogens (tertiary/aromatic N) is 1. The summed E-state index contributed by atoms with van der Waals surface area (Å²) in [4.78, 5) is 25.0. The summed E-state index contributed by atoms with van der Waals surface area (Å²) in [5.41, 5.74) is 2.17. The third-order valence-corrected chi connectivity index (χ3v) is 6.57. The van der Waals surface area contributed by atoms with Crippen LogP contribution in [0.3, 0.4) is 0 Å². The van der Waals surface area contributed by atoms with Gasteiger partial charge in [-0.2, -0.15) is 0 Å². The van der Waals surface area contributed by atoms with Gasteiger partial charge in [-0.1, -0.05) is 29.3 Å². The molecule has 142 valence electrons. The van der Waals surface area contributed by atoms with Gasteiger partial charge in [0.15, 0.2) is 0 Å². The zero-order chi connectivity index (χ0) is 19.8. The second-order valence-electron chi connectivity index (χ2n) is 6.51. The molecule has 2 aromatic rings. The summed E-state index contributed by atoms with van der Waals surface area (Å²) in [6, 6.07) is 10.1. The van der Waals surface area contributed by atoms with Crippen molar-refractivity contribution in [3.8, 4) is 0 Å². The highest BCUT2D eigenvalue weighted by molar-refractivity contribution is 7.89. The Hall–Kier alpha value is -2.38. The van der Waals surface area contributed by atoms with Crippen molar-refractivity contribution in [2.75, 3.05) is 5.32 Å². The Morgan fingerprint density at radius 1 is 1.15 bits per heavy atom. The van der Waals surface area contributed by atoms with Gasteiger partial charge in [0.25, 0.3) is 10.0 Å². The normalized spacial score (nSPS) is 17.2. The maximum Gasteiger partial charge on any atom is 0.267 e. The molecule has 1 heterocycles. The first-order valence-electron chi connectivity index (χ1n) is 8.41. The second-order valence-corrected chi connectivity index (χ2v) is 8.76. The van der Waals surface area contributed by atoms with Crippen molar-refractivity contribution >= 4 is 39.1 Å². The largest absolute Gasteiger partial charge is 0.324 e. The van der Waals surface area contributed by atoms with Crippen LogP contribution in [0.4, 0.5) is 5.69 Å². The van der Waals surface area contributed by atoms with E-state index >= 15 is 0 Å². The fourth-order valence-corrected chi connectivity index (χ4v) is 4.84. The van der Waals surface area contributed by atoms with E-state index in [-0.39, 0.29) is 17.7 Å². The monoisotopic (exact) mass is 406 g/mol. The van der Waals surface area contributed by atoms with Gasteiger partial charge in [0.05, 0.1) is 4.90 Å². The van der Waals surface area contributed by atoms with Crippen LogP contribution in [0.2, 0.25) is 5.02 Å². The molecule has 0 radical (unpaired) electrons. The Balaban J connectivity index is 1.89. The third-order valence-electron chi connectivity index (χ3n) is 4.49. The van der Waals surface area contributed by atoms with Gasteiger partial charge in [-0.25, -0.2) is 12.7 Å². The quantitative estimate of drug-likeness (QED) is 0.844. The zero-order valence-electron chi connectivity index (χ0n) is 14.9. The maximum absolute atomic E-state index is 12.9. The molecule has 1 saturated heterocycles. The van der Waals surface area contributed by atoms with E-state index in [1.807, 2.05) is 6.92 Å². The summed E-state index contributed by atoms with van der Waals surface area (Å²) in [5, 5.41) is 3.24. The first kappa shape index (κ1) is 19.4. The van der Waals surface area contributed by atoms with E-state index < -0.39 is 27.9 Å². The number of benzene rings is 2. The highest BCUT2D eigenvalue weighted by atomic mass is 35.5. The van der Waals surface area contributed by atoms with Crippen LogP contribution in [0.15, 0.2) is 47.4 Å². The maximum atomic E-state index is 12.9. The van der Waals surface area contributed by atoms with Crippen molar-refractivity contribution < 1.29 is 18.0 Å². The average molecular weight is 407 g/mol. The SMILES string of the molecule is Cc1ccc(S(=O)(=O)N2C(=O)CC[C@H]2C(=O)Nc2ccc(Cl)cc2C)cc1. The predicted molar refractivity (Wildman–Crippen MR) is 103 cm³/mol. The molecule has 1 atom stereocenters. The van der Waals surface area contributed by atoms with Crippen LogP contribution in [0.5, 0.6) is 0 Å². The molecule has 3 rings (SSSR count). The molecule has 2 amide bonds. The summed E-state index contributed by atoms with van der Waals surface area (Å²) in [6.07, 6.45) is 0.144. The number of hydrogen-bond acceptors (Lipinski definition) is 4. The first-order valence-corrected chi connectivity index (χ1v) is 10.2. The van der Waals surface area contributed by atoms with Crippen molar-refractivity contribution in [3.05, 3.63) is 58.6 Å². The third kappa shape index (κ3) is 3.84. The van der Waals surface area contributed by atoms with E-state index in [9.17, 15) is 18.0 Å². The lowest BCUT2D eigenvalue weighted by atomic mass is 10.1. The van der Waals surface area contributed by atoms with E-state index in [0.29, 0.717) is 15.0 Å². The van der Waals surface area contributed by atoms with Crippen LogP contribution in [-0.2, 0) is 19.6 Å². The van der Waals surface area contributed by atoms with E-state index in [1.54, 1.807) is 37.3 Å². The Labute approximate surface area is 163 Å². The van der Waals surface area contributed by atoms with Crippen molar-refractivity contribution in [2.24, 2.45) is 0 Å². The van der Waals surface area contributed by atoms with Gasteiger partial charge in [0.2, 0.25) is 11.8 Å². The molecule has 1 N–H and O–H groups in total. The van der Waals surface area contributed by atoms with Gasteiger partial charge in [-0.3, -0.25) is 9.59 Å². The molecule has 0 aromatic heterocycles. The standard InChI is InChI=1S/C19H19ClN2O4S/c1-12-3-6-15(7-4-12)27(25,26)22-17(9-10-18(22)23)19(24)21-16-8-5-14(20)11-13(16)2/h3-8,11,17H,9-10H2,1-2H3,(H,21,24)/t17-/m0/s1. The van der Waals surface area contributed by atoms with Crippen LogP contribution in [-0.4, -0.2) is 30.6 Å². The van der Waals surface area contributed by atoms with Crippen LogP contribution in [0.1, 0.15) is 24.0 Å². The van der Waals surface area contributed by atoms with E-state index in [2.05, 4.69) is 5.32 Å². The number of aryl methyl sites for hydroxylation is 2. The Morgan fingerprint density at radius 2 is 1.81 bits per heavy atom. The number of halogens is 1. The Kier molecular flexibility index (Phi) is 5.26. The van der Waals surface area contributed by atoms with Gasteiger partial charge in [-0.15, -0.1) is 0 Å². The van der Waals surface area contributed by atoms with Gasteiger partial charge in [0.1, 0.15) is 6.04 Å². The molecule has 1 fully saturated rings. The van der Waals surface area contributed by atoms with Crippen LogP contribution in [0, 0.1) is 13.8 Å². The molecular weight excluding hydrogens is 388 g/mol. The molecular formula is C19H19ClN2O4S. The Morgan fingerprint density at radius 3 is 2.44 bits per heavy atom. The number of sulfonamides is 1. The second kappa shape index (κ2) is 7.32. The number of carbonyl (C=O) groups excluding carboxylic acids is 2. The van der Waals surface area contributed by atoms with E-state index in [1.165, 1.54) is 12.1 Å². The highest BCUT2D eigenvalue weighted by Gasteiger charge is 2.44. The summed E-state index contributed by atoms with van der Waals surface area (Å²) < 4.78 is 26.6. The molecule has 27 heavy (non-hydrogen) atoms. The average Bonchev–Trinajstić information content (AvgIpc) is 3.00. The molecule has 1 aliphatic rings. The highest BCUT2D eigenvalue weighted by Crippen LogP contribution is 2.29.